The minimum Gasteiger partial charge on any atom is -0.492 e. The molecule has 1 atom stereocenters. The number of rotatable bonds is 6. The van der Waals surface area contributed by atoms with Crippen LogP contribution in [-0.4, -0.2) is 13.2 Å². The van der Waals surface area contributed by atoms with E-state index in [2.05, 4.69) is 12.2 Å². The van der Waals surface area contributed by atoms with Gasteiger partial charge in [-0.25, -0.2) is 4.39 Å². The molecule has 0 aliphatic heterocycles. The fraction of sp³-hybridized carbons (Fsp3) is 0.294. The van der Waals surface area contributed by atoms with Crippen molar-refractivity contribution in [3.05, 3.63) is 65.5 Å². The van der Waals surface area contributed by atoms with Gasteiger partial charge in [-0.1, -0.05) is 30.3 Å². The third-order valence-electron chi connectivity index (χ3n) is 3.27. The molecule has 0 saturated heterocycles. The second-order valence-electron chi connectivity index (χ2n) is 4.84. The van der Waals surface area contributed by atoms with Crippen molar-refractivity contribution in [1.82, 2.24) is 5.32 Å². The molecular weight excluding hydrogens is 253 g/mol. The molecule has 2 rings (SSSR count). The van der Waals surface area contributed by atoms with Crippen molar-refractivity contribution < 1.29 is 9.13 Å². The van der Waals surface area contributed by atoms with Crippen molar-refractivity contribution in [2.75, 3.05) is 13.2 Å². The molecular formula is C17H20FNO. The molecule has 2 aromatic carbocycles. The second kappa shape index (κ2) is 7.06. The number of para-hydroxylation sites is 1. The molecule has 0 aliphatic rings. The maximum atomic E-state index is 12.8. The summed E-state index contributed by atoms with van der Waals surface area (Å²) in [6, 6.07) is 14.7. The molecule has 0 saturated carbocycles. The number of benzene rings is 2. The number of halogens is 1. The van der Waals surface area contributed by atoms with Gasteiger partial charge in [-0.15, -0.1) is 0 Å². The molecule has 0 radical (unpaired) electrons. The van der Waals surface area contributed by atoms with Crippen LogP contribution in [0.1, 0.15) is 24.1 Å². The van der Waals surface area contributed by atoms with Gasteiger partial charge >= 0.3 is 0 Å². The fourth-order valence-electron chi connectivity index (χ4n) is 2.02. The van der Waals surface area contributed by atoms with Crippen LogP contribution in [0, 0.1) is 12.7 Å². The van der Waals surface area contributed by atoms with E-state index in [4.69, 9.17) is 4.74 Å². The molecule has 1 unspecified atom stereocenters. The van der Waals surface area contributed by atoms with Crippen LogP contribution in [0.2, 0.25) is 0 Å². The van der Waals surface area contributed by atoms with Gasteiger partial charge in [0.05, 0.1) is 0 Å². The summed E-state index contributed by atoms with van der Waals surface area (Å²) >= 11 is 0. The SMILES string of the molecule is Cc1ccccc1OCCNC(C)c1ccc(F)cc1. The highest BCUT2D eigenvalue weighted by atomic mass is 19.1. The highest BCUT2D eigenvalue weighted by Gasteiger charge is 2.04. The summed E-state index contributed by atoms with van der Waals surface area (Å²) in [5.41, 5.74) is 2.21. The van der Waals surface area contributed by atoms with Gasteiger partial charge < -0.3 is 10.1 Å². The van der Waals surface area contributed by atoms with Crippen molar-refractivity contribution in [2.45, 2.75) is 19.9 Å². The predicted octanol–water partition coefficient (Wildman–Crippen LogP) is 3.86. The highest BCUT2D eigenvalue weighted by molar-refractivity contribution is 5.31. The zero-order chi connectivity index (χ0) is 14.4. The van der Waals surface area contributed by atoms with Gasteiger partial charge in [-0.05, 0) is 43.2 Å². The van der Waals surface area contributed by atoms with Crippen molar-refractivity contribution >= 4 is 0 Å². The number of hydrogen-bond donors (Lipinski definition) is 1. The van der Waals surface area contributed by atoms with Crippen LogP contribution < -0.4 is 10.1 Å². The molecule has 3 heteroatoms. The Morgan fingerprint density at radius 3 is 2.50 bits per heavy atom. The van der Waals surface area contributed by atoms with E-state index in [1.54, 1.807) is 12.1 Å². The van der Waals surface area contributed by atoms with E-state index in [0.717, 1.165) is 23.4 Å². The van der Waals surface area contributed by atoms with Crippen LogP contribution in [0.5, 0.6) is 5.75 Å². The van der Waals surface area contributed by atoms with Gasteiger partial charge in [0.25, 0.3) is 0 Å². The Balaban J connectivity index is 1.76. The molecule has 1 N–H and O–H groups in total. The predicted molar refractivity (Wildman–Crippen MR) is 79.5 cm³/mol. The number of ether oxygens (including phenoxy) is 1. The van der Waals surface area contributed by atoms with E-state index in [1.807, 2.05) is 31.2 Å². The summed E-state index contributed by atoms with van der Waals surface area (Å²) in [7, 11) is 0. The Hall–Kier alpha value is -1.87. The van der Waals surface area contributed by atoms with Gasteiger partial charge in [0.15, 0.2) is 0 Å². The topological polar surface area (TPSA) is 21.3 Å². The molecule has 0 aromatic heterocycles. The van der Waals surface area contributed by atoms with Crippen LogP contribution in [0.25, 0.3) is 0 Å². The molecule has 0 amide bonds. The third kappa shape index (κ3) is 4.07. The van der Waals surface area contributed by atoms with Gasteiger partial charge in [-0.2, -0.15) is 0 Å². The Morgan fingerprint density at radius 2 is 1.80 bits per heavy atom. The van der Waals surface area contributed by atoms with Crippen molar-refractivity contribution in [2.24, 2.45) is 0 Å². The maximum absolute atomic E-state index is 12.8. The van der Waals surface area contributed by atoms with E-state index in [1.165, 1.54) is 12.1 Å². The van der Waals surface area contributed by atoms with Crippen LogP contribution in [0.15, 0.2) is 48.5 Å². The quantitative estimate of drug-likeness (QED) is 0.807. The maximum Gasteiger partial charge on any atom is 0.123 e. The number of hydrogen-bond acceptors (Lipinski definition) is 2. The van der Waals surface area contributed by atoms with Crippen LogP contribution in [0.3, 0.4) is 0 Å². The molecule has 0 fully saturated rings. The van der Waals surface area contributed by atoms with Gasteiger partial charge in [0.1, 0.15) is 18.2 Å². The summed E-state index contributed by atoms with van der Waals surface area (Å²) in [6.07, 6.45) is 0. The van der Waals surface area contributed by atoms with Crippen LogP contribution in [-0.2, 0) is 0 Å². The minimum atomic E-state index is -0.205. The summed E-state index contributed by atoms with van der Waals surface area (Å²) in [4.78, 5) is 0. The average molecular weight is 273 g/mol. The van der Waals surface area contributed by atoms with Crippen LogP contribution in [0.4, 0.5) is 4.39 Å². The number of aryl methyl sites for hydroxylation is 1. The standard InChI is InChI=1S/C17H20FNO/c1-13-5-3-4-6-17(13)20-12-11-19-14(2)15-7-9-16(18)10-8-15/h3-10,14,19H,11-12H2,1-2H3. The molecule has 20 heavy (non-hydrogen) atoms. The summed E-state index contributed by atoms with van der Waals surface area (Å²) in [5, 5.41) is 3.36. The van der Waals surface area contributed by atoms with Gasteiger partial charge in [0, 0.05) is 12.6 Å². The zero-order valence-corrected chi connectivity index (χ0v) is 11.9. The zero-order valence-electron chi connectivity index (χ0n) is 11.9. The molecule has 0 aliphatic carbocycles. The molecule has 106 valence electrons. The third-order valence-corrected chi connectivity index (χ3v) is 3.27. The summed E-state index contributed by atoms with van der Waals surface area (Å²) < 4.78 is 18.6. The van der Waals surface area contributed by atoms with E-state index in [0.29, 0.717) is 6.61 Å². The summed E-state index contributed by atoms with van der Waals surface area (Å²) in [6.45, 7) is 5.44. The minimum absolute atomic E-state index is 0.177. The first-order chi connectivity index (χ1) is 9.66. The van der Waals surface area contributed by atoms with Gasteiger partial charge in [0.2, 0.25) is 0 Å². The number of nitrogens with one attached hydrogen (secondary N) is 1. The lowest BCUT2D eigenvalue weighted by molar-refractivity contribution is 0.305. The normalized spacial score (nSPS) is 12.2. The molecule has 0 bridgehead atoms. The molecule has 2 aromatic rings. The van der Waals surface area contributed by atoms with E-state index in [9.17, 15) is 4.39 Å². The average Bonchev–Trinajstić information content (AvgIpc) is 2.46. The smallest absolute Gasteiger partial charge is 0.123 e. The summed E-state index contributed by atoms with van der Waals surface area (Å²) in [5.74, 6) is 0.715. The Morgan fingerprint density at radius 1 is 1.10 bits per heavy atom. The lowest BCUT2D eigenvalue weighted by Gasteiger charge is -2.15. The van der Waals surface area contributed by atoms with Crippen molar-refractivity contribution in [3.63, 3.8) is 0 Å². The molecule has 0 spiro atoms. The Bertz CT molecular complexity index is 539. The first kappa shape index (κ1) is 14.5. The van der Waals surface area contributed by atoms with Crippen molar-refractivity contribution in [1.29, 1.82) is 0 Å². The van der Waals surface area contributed by atoms with E-state index < -0.39 is 0 Å². The molecule has 2 nitrogen and oxygen atoms in total. The molecule has 0 heterocycles. The Labute approximate surface area is 119 Å². The lowest BCUT2D eigenvalue weighted by atomic mass is 10.1. The van der Waals surface area contributed by atoms with E-state index >= 15 is 0 Å². The lowest BCUT2D eigenvalue weighted by Crippen LogP contribution is -2.24. The largest absolute Gasteiger partial charge is 0.492 e. The fourth-order valence-corrected chi connectivity index (χ4v) is 2.02. The van der Waals surface area contributed by atoms with Crippen molar-refractivity contribution in [3.8, 4) is 5.75 Å². The first-order valence-corrected chi connectivity index (χ1v) is 6.84. The monoisotopic (exact) mass is 273 g/mol. The first-order valence-electron chi connectivity index (χ1n) is 6.84. The Kier molecular flexibility index (Phi) is 5.13. The van der Waals surface area contributed by atoms with Gasteiger partial charge in [-0.3, -0.25) is 0 Å². The highest BCUT2D eigenvalue weighted by Crippen LogP contribution is 2.16. The van der Waals surface area contributed by atoms with E-state index in [-0.39, 0.29) is 11.9 Å². The van der Waals surface area contributed by atoms with Crippen LogP contribution >= 0.6 is 0 Å². The second-order valence-corrected chi connectivity index (χ2v) is 4.84.